The van der Waals surface area contributed by atoms with Gasteiger partial charge in [0.2, 0.25) is 0 Å². The van der Waals surface area contributed by atoms with Crippen LogP contribution in [0.15, 0.2) is 18.2 Å². The van der Waals surface area contributed by atoms with Crippen molar-refractivity contribution in [2.45, 2.75) is 39.5 Å². The summed E-state index contributed by atoms with van der Waals surface area (Å²) in [7, 11) is 0. The Morgan fingerprint density at radius 3 is 2.50 bits per heavy atom. The van der Waals surface area contributed by atoms with E-state index in [-0.39, 0.29) is 5.41 Å². The zero-order chi connectivity index (χ0) is 12.2. The summed E-state index contributed by atoms with van der Waals surface area (Å²) in [5.41, 5.74) is 9.84. The highest BCUT2D eigenvalue weighted by Crippen LogP contribution is 2.24. The summed E-state index contributed by atoms with van der Waals surface area (Å²) in [6.07, 6.45) is 1.05. The van der Waals surface area contributed by atoms with Gasteiger partial charge in [-0.05, 0) is 35.4 Å². The maximum atomic E-state index is 5.42. The van der Waals surface area contributed by atoms with Crippen LogP contribution in [0.5, 0.6) is 0 Å². The largest absolute Gasteiger partial charge is 0.318 e. The Labute approximate surface area is 99.2 Å². The molecule has 1 rings (SSSR count). The second-order valence-electron chi connectivity index (χ2n) is 5.35. The maximum Gasteiger partial charge on any atom is 0.0428 e. The molecule has 0 amide bonds. The third-order valence-electron chi connectivity index (χ3n) is 2.93. The molecule has 0 atom stereocenters. The standard InChI is InChI=1S/C14H24N2/c1-11-5-6-13(14(2,3)4)9-12(11)7-8-16-10-15/h5-6,9,16H,7-8,10,15H2,1-4H3. The Kier molecular flexibility index (Phi) is 4.51. The van der Waals surface area contributed by atoms with E-state index in [2.05, 4.69) is 51.2 Å². The van der Waals surface area contributed by atoms with Crippen LogP contribution in [-0.4, -0.2) is 13.2 Å². The van der Waals surface area contributed by atoms with Crippen LogP contribution in [0.1, 0.15) is 37.5 Å². The first-order chi connectivity index (χ1) is 7.45. The molecule has 2 nitrogen and oxygen atoms in total. The van der Waals surface area contributed by atoms with Crippen molar-refractivity contribution in [3.05, 3.63) is 34.9 Å². The number of benzene rings is 1. The van der Waals surface area contributed by atoms with Gasteiger partial charge in [-0.15, -0.1) is 0 Å². The fourth-order valence-electron chi connectivity index (χ4n) is 1.73. The summed E-state index contributed by atoms with van der Waals surface area (Å²) >= 11 is 0. The summed E-state index contributed by atoms with van der Waals surface area (Å²) in [4.78, 5) is 0. The van der Waals surface area contributed by atoms with Gasteiger partial charge in [-0.2, -0.15) is 0 Å². The van der Waals surface area contributed by atoms with Gasteiger partial charge in [0.15, 0.2) is 0 Å². The van der Waals surface area contributed by atoms with Gasteiger partial charge in [-0.25, -0.2) is 0 Å². The minimum Gasteiger partial charge on any atom is -0.318 e. The molecule has 0 spiro atoms. The second kappa shape index (κ2) is 5.46. The predicted octanol–water partition coefficient (Wildman–Crippen LogP) is 2.34. The van der Waals surface area contributed by atoms with Crippen molar-refractivity contribution in [3.63, 3.8) is 0 Å². The molecule has 2 heteroatoms. The van der Waals surface area contributed by atoms with E-state index >= 15 is 0 Å². The van der Waals surface area contributed by atoms with Crippen LogP contribution in [0.2, 0.25) is 0 Å². The molecule has 0 bridgehead atoms. The van der Waals surface area contributed by atoms with Crippen molar-refractivity contribution < 1.29 is 0 Å². The molecule has 0 radical (unpaired) electrons. The van der Waals surface area contributed by atoms with Gasteiger partial charge in [0.25, 0.3) is 0 Å². The molecule has 0 saturated carbocycles. The van der Waals surface area contributed by atoms with Crippen molar-refractivity contribution in [1.29, 1.82) is 0 Å². The summed E-state index contributed by atoms with van der Waals surface area (Å²) in [5.74, 6) is 0. The van der Waals surface area contributed by atoms with Crippen molar-refractivity contribution in [1.82, 2.24) is 5.32 Å². The Morgan fingerprint density at radius 1 is 1.25 bits per heavy atom. The fourth-order valence-corrected chi connectivity index (χ4v) is 1.73. The normalized spacial score (nSPS) is 11.8. The number of aryl methyl sites for hydroxylation is 1. The molecular weight excluding hydrogens is 196 g/mol. The average Bonchev–Trinajstić information content (AvgIpc) is 2.19. The van der Waals surface area contributed by atoms with Crippen LogP contribution in [0.3, 0.4) is 0 Å². The van der Waals surface area contributed by atoms with E-state index in [1.165, 1.54) is 16.7 Å². The monoisotopic (exact) mass is 220 g/mol. The molecule has 0 aliphatic heterocycles. The quantitative estimate of drug-likeness (QED) is 0.604. The number of nitrogens with one attached hydrogen (secondary N) is 1. The molecule has 3 N–H and O–H groups in total. The Hall–Kier alpha value is -0.860. The van der Waals surface area contributed by atoms with Crippen LogP contribution in [0.4, 0.5) is 0 Å². The molecule has 0 aliphatic rings. The lowest BCUT2D eigenvalue weighted by molar-refractivity contribution is 0.588. The molecule has 16 heavy (non-hydrogen) atoms. The Bertz CT molecular complexity index is 337. The first-order valence-corrected chi connectivity index (χ1v) is 5.96. The average molecular weight is 220 g/mol. The summed E-state index contributed by atoms with van der Waals surface area (Å²) in [5, 5.41) is 3.16. The number of hydrogen-bond acceptors (Lipinski definition) is 2. The first kappa shape index (κ1) is 13.2. The van der Waals surface area contributed by atoms with Gasteiger partial charge in [-0.1, -0.05) is 39.0 Å². The van der Waals surface area contributed by atoms with Gasteiger partial charge in [0.1, 0.15) is 0 Å². The molecule has 0 aromatic heterocycles. The van der Waals surface area contributed by atoms with Crippen molar-refractivity contribution >= 4 is 0 Å². The van der Waals surface area contributed by atoms with E-state index in [0.717, 1.165) is 13.0 Å². The van der Waals surface area contributed by atoms with E-state index in [0.29, 0.717) is 6.67 Å². The van der Waals surface area contributed by atoms with Crippen LogP contribution in [0.25, 0.3) is 0 Å². The molecular formula is C14H24N2. The zero-order valence-electron chi connectivity index (χ0n) is 10.9. The minimum atomic E-state index is 0.226. The molecule has 0 heterocycles. The van der Waals surface area contributed by atoms with E-state index < -0.39 is 0 Å². The Morgan fingerprint density at radius 2 is 1.94 bits per heavy atom. The summed E-state index contributed by atoms with van der Waals surface area (Å²) in [6.45, 7) is 10.4. The lowest BCUT2D eigenvalue weighted by Gasteiger charge is -2.21. The van der Waals surface area contributed by atoms with Gasteiger partial charge >= 0.3 is 0 Å². The predicted molar refractivity (Wildman–Crippen MR) is 70.6 cm³/mol. The van der Waals surface area contributed by atoms with Gasteiger partial charge in [0.05, 0.1) is 0 Å². The lowest BCUT2D eigenvalue weighted by Crippen LogP contribution is -2.24. The molecule has 0 saturated heterocycles. The zero-order valence-corrected chi connectivity index (χ0v) is 10.9. The minimum absolute atomic E-state index is 0.226. The molecule has 90 valence electrons. The van der Waals surface area contributed by atoms with E-state index in [4.69, 9.17) is 5.73 Å². The molecule has 0 unspecified atom stereocenters. The van der Waals surface area contributed by atoms with Crippen molar-refractivity contribution in [2.75, 3.05) is 13.2 Å². The van der Waals surface area contributed by atoms with E-state index in [9.17, 15) is 0 Å². The highest BCUT2D eigenvalue weighted by atomic mass is 14.9. The highest BCUT2D eigenvalue weighted by molar-refractivity contribution is 5.34. The van der Waals surface area contributed by atoms with Crippen LogP contribution in [-0.2, 0) is 11.8 Å². The van der Waals surface area contributed by atoms with Gasteiger partial charge < -0.3 is 11.1 Å². The second-order valence-corrected chi connectivity index (χ2v) is 5.35. The van der Waals surface area contributed by atoms with Crippen LogP contribution < -0.4 is 11.1 Å². The maximum absolute atomic E-state index is 5.42. The van der Waals surface area contributed by atoms with Gasteiger partial charge in [0, 0.05) is 13.2 Å². The van der Waals surface area contributed by atoms with E-state index in [1.54, 1.807) is 0 Å². The highest BCUT2D eigenvalue weighted by Gasteiger charge is 2.14. The summed E-state index contributed by atoms with van der Waals surface area (Å²) in [6, 6.07) is 6.78. The SMILES string of the molecule is Cc1ccc(C(C)(C)C)cc1CCNCN. The van der Waals surface area contributed by atoms with Crippen molar-refractivity contribution in [2.24, 2.45) is 5.73 Å². The van der Waals surface area contributed by atoms with Crippen LogP contribution in [0, 0.1) is 6.92 Å². The summed E-state index contributed by atoms with van der Waals surface area (Å²) < 4.78 is 0. The van der Waals surface area contributed by atoms with Crippen molar-refractivity contribution in [3.8, 4) is 0 Å². The smallest absolute Gasteiger partial charge is 0.0428 e. The topological polar surface area (TPSA) is 38.0 Å². The van der Waals surface area contributed by atoms with Gasteiger partial charge in [-0.3, -0.25) is 0 Å². The number of rotatable bonds is 4. The third kappa shape index (κ3) is 3.62. The first-order valence-electron chi connectivity index (χ1n) is 5.96. The van der Waals surface area contributed by atoms with E-state index in [1.807, 2.05) is 0 Å². The lowest BCUT2D eigenvalue weighted by atomic mass is 9.85. The van der Waals surface area contributed by atoms with Crippen LogP contribution >= 0.6 is 0 Å². The Balaban J connectivity index is 2.83. The number of nitrogens with two attached hydrogens (primary N) is 1. The molecule has 1 aromatic rings. The molecule has 0 aliphatic carbocycles. The molecule has 0 fully saturated rings. The fraction of sp³-hybridized carbons (Fsp3) is 0.571. The number of hydrogen-bond donors (Lipinski definition) is 2. The third-order valence-corrected chi connectivity index (χ3v) is 2.93. The molecule has 1 aromatic carbocycles.